The zero-order valence-electron chi connectivity index (χ0n) is 10.4. The van der Waals surface area contributed by atoms with E-state index in [-0.39, 0.29) is 6.04 Å². The fourth-order valence-corrected chi connectivity index (χ4v) is 2.12. The van der Waals surface area contributed by atoms with Crippen molar-refractivity contribution in [2.75, 3.05) is 31.1 Å². The standard InChI is InChI=1S/C13H18N4/c1-11-4-3-5-13(15-11)17-8-6-16(7-9-17)12(2)10-14/h3-5,12H,6-9H2,1-2H3. The molecular weight excluding hydrogens is 212 g/mol. The highest BCUT2D eigenvalue weighted by Gasteiger charge is 2.21. The Morgan fingerprint density at radius 3 is 2.59 bits per heavy atom. The van der Waals surface area contributed by atoms with Gasteiger partial charge in [-0.3, -0.25) is 4.90 Å². The number of aryl methyl sites for hydroxylation is 1. The molecule has 1 aliphatic heterocycles. The van der Waals surface area contributed by atoms with E-state index in [0.717, 1.165) is 37.7 Å². The molecule has 1 aromatic rings. The molecule has 1 aromatic heterocycles. The molecule has 1 unspecified atom stereocenters. The van der Waals surface area contributed by atoms with Gasteiger partial charge in [0.1, 0.15) is 5.82 Å². The minimum absolute atomic E-state index is 0.0163. The van der Waals surface area contributed by atoms with Crippen molar-refractivity contribution in [2.45, 2.75) is 19.9 Å². The van der Waals surface area contributed by atoms with Gasteiger partial charge in [-0.05, 0) is 26.0 Å². The second-order valence-electron chi connectivity index (χ2n) is 4.47. The molecule has 0 aromatic carbocycles. The van der Waals surface area contributed by atoms with Crippen LogP contribution < -0.4 is 4.90 Å². The highest BCUT2D eigenvalue weighted by Crippen LogP contribution is 2.14. The molecule has 4 nitrogen and oxygen atoms in total. The summed E-state index contributed by atoms with van der Waals surface area (Å²) in [4.78, 5) is 9.03. The lowest BCUT2D eigenvalue weighted by molar-refractivity contribution is 0.231. The Bertz CT molecular complexity index is 416. The third-order valence-corrected chi connectivity index (χ3v) is 3.25. The van der Waals surface area contributed by atoms with Crippen molar-refractivity contribution in [3.8, 4) is 6.07 Å². The van der Waals surface area contributed by atoms with Crippen LogP contribution in [0.4, 0.5) is 5.82 Å². The van der Waals surface area contributed by atoms with Gasteiger partial charge in [-0.1, -0.05) is 6.07 Å². The maximum Gasteiger partial charge on any atom is 0.128 e. The second kappa shape index (κ2) is 5.15. The maximum absolute atomic E-state index is 8.89. The Hall–Kier alpha value is -1.60. The zero-order chi connectivity index (χ0) is 12.3. The highest BCUT2D eigenvalue weighted by molar-refractivity contribution is 5.39. The average molecular weight is 230 g/mol. The van der Waals surface area contributed by atoms with E-state index in [1.54, 1.807) is 0 Å². The van der Waals surface area contributed by atoms with Gasteiger partial charge < -0.3 is 4.90 Å². The molecule has 0 N–H and O–H groups in total. The lowest BCUT2D eigenvalue weighted by atomic mass is 10.2. The van der Waals surface area contributed by atoms with E-state index in [4.69, 9.17) is 5.26 Å². The van der Waals surface area contributed by atoms with Gasteiger partial charge in [-0.15, -0.1) is 0 Å². The quantitative estimate of drug-likeness (QED) is 0.770. The number of aromatic nitrogens is 1. The largest absolute Gasteiger partial charge is 0.354 e. The summed E-state index contributed by atoms with van der Waals surface area (Å²) < 4.78 is 0. The van der Waals surface area contributed by atoms with Gasteiger partial charge in [0.05, 0.1) is 12.1 Å². The van der Waals surface area contributed by atoms with Crippen molar-refractivity contribution in [1.82, 2.24) is 9.88 Å². The molecule has 90 valence electrons. The molecular formula is C13H18N4. The normalized spacial score (nSPS) is 18.8. The molecule has 0 bridgehead atoms. The van der Waals surface area contributed by atoms with Gasteiger partial charge in [0.2, 0.25) is 0 Å². The highest BCUT2D eigenvalue weighted by atomic mass is 15.3. The molecule has 0 spiro atoms. The number of piperazine rings is 1. The Morgan fingerprint density at radius 1 is 1.29 bits per heavy atom. The molecule has 0 aliphatic carbocycles. The first-order valence-corrected chi connectivity index (χ1v) is 6.03. The average Bonchev–Trinajstić information content (AvgIpc) is 2.38. The van der Waals surface area contributed by atoms with Crippen molar-refractivity contribution in [3.63, 3.8) is 0 Å². The number of anilines is 1. The van der Waals surface area contributed by atoms with Gasteiger partial charge in [-0.25, -0.2) is 4.98 Å². The smallest absolute Gasteiger partial charge is 0.128 e. The first kappa shape index (κ1) is 11.9. The molecule has 17 heavy (non-hydrogen) atoms. The molecule has 4 heteroatoms. The van der Waals surface area contributed by atoms with E-state index in [1.807, 2.05) is 26.0 Å². The number of rotatable bonds is 2. The summed E-state index contributed by atoms with van der Waals surface area (Å²) >= 11 is 0. The van der Waals surface area contributed by atoms with Gasteiger partial charge in [0, 0.05) is 31.9 Å². The zero-order valence-corrected chi connectivity index (χ0v) is 10.4. The van der Waals surface area contributed by atoms with Gasteiger partial charge in [-0.2, -0.15) is 5.26 Å². The van der Waals surface area contributed by atoms with E-state index < -0.39 is 0 Å². The molecule has 1 saturated heterocycles. The number of hydrogen-bond donors (Lipinski definition) is 0. The minimum atomic E-state index is 0.0163. The molecule has 2 heterocycles. The SMILES string of the molecule is Cc1cccc(N2CCN(C(C)C#N)CC2)n1. The summed E-state index contributed by atoms with van der Waals surface area (Å²) in [6, 6.07) is 8.41. The van der Waals surface area contributed by atoms with Crippen molar-refractivity contribution in [1.29, 1.82) is 5.26 Å². The third kappa shape index (κ3) is 2.75. The number of hydrogen-bond acceptors (Lipinski definition) is 4. The lowest BCUT2D eigenvalue weighted by Crippen LogP contribution is -2.49. The van der Waals surface area contributed by atoms with Crippen molar-refractivity contribution in [2.24, 2.45) is 0 Å². The van der Waals surface area contributed by atoms with Crippen molar-refractivity contribution < 1.29 is 0 Å². The van der Waals surface area contributed by atoms with E-state index in [9.17, 15) is 0 Å². The summed E-state index contributed by atoms with van der Waals surface area (Å²) in [5, 5.41) is 8.89. The number of nitriles is 1. The molecule has 0 amide bonds. The lowest BCUT2D eigenvalue weighted by Gasteiger charge is -2.36. The molecule has 1 aliphatic rings. The third-order valence-electron chi connectivity index (χ3n) is 3.25. The minimum Gasteiger partial charge on any atom is -0.354 e. The second-order valence-corrected chi connectivity index (χ2v) is 4.47. The summed E-state index contributed by atoms with van der Waals surface area (Å²) in [7, 11) is 0. The van der Waals surface area contributed by atoms with Crippen LogP contribution in [0.3, 0.4) is 0 Å². The van der Waals surface area contributed by atoms with Gasteiger partial charge >= 0.3 is 0 Å². The van der Waals surface area contributed by atoms with Crippen LogP contribution in [0.1, 0.15) is 12.6 Å². The Labute approximate surface area is 102 Å². The van der Waals surface area contributed by atoms with Crippen molar-refractivity contribution >= 4 is 5.82 Å². The first-order valence-electron chi connectivity index (χ1n) is 6.03. The van der Waals surface area contributed by atoms with Crippen LogP contribution in [0.25, 0.3) is 0 Å². The summed E-state index contributed by atoms with van der Waals surface area (Å²) in [5.74, 6) is 1.05. The van der Waals surface area contributed by atoms with E-state index in [2.05, 4.69) is 26.9 Å². The summed E-state index contributed by atoms with van der Waals surface area (Å²) in [6.07, 6.45) is 0. The van der Waals surface area contributed by atoms with Crippen LogP contribution in [0.5, 0.6) is 0 Å². The Kier molecular flexibility index (Phi) is 3.60. The summed E-state index contributed by atoms with van der Waals surface area (Å²) in [5.41, 5.74) is 1.05. The van der Waals surface area contributed by atoms with Crippen LogP contribution in [0, 0.1) is 18.3 Å². The molecule has 1 fully saturated rings. The predicted octanol–water partition coefficient (Wildman–Crippen LogP) is 1.42. The van der Waals surface area contributed by atoms with Crippen LogP contribution in [-0.2, 0) is 0 Å². The van der Waals surface area contributed by atoms with E-state index in [0.29, 0.717) is 0 Å². The van der Waals surface area contributed by atoms with E-state index >= 15 is 0 Å². The fraction of sp³-hybridized carbons (Fsp3) is 0.538. The van der Waals surface area contributed by atoms with Crippen LogP contribution in [0.15, 0.2) is 18.2 Å². The monoisotopic (exact) mass is 230 g/mol. The molecule has 1 atom stereocenters. The van der Waals surface area contributed by atoms with Crippen LogP contribution in [0.2, 0.25) is 0 Å². The Balaban J connectivity index is 1.98. The molecule has 0 saturated carbocycles. The topological polar surface area (TPSA) is 43.2 Å². The van der Waals surface area contributed by atoms with E-state index in [1.165, 1.54) is 0 Å². The maximum atomic E-state index is 8.89. The fourth-order valence-electron chi connectivity index (χ4n) is 2.12. The first-order chi connectivity index (χ1) is 8.20. The van der Waals surface area contributed by atoms with Gasteiger partial charge in [0.25, 0.3) is 0 Å². The summed E-state index contributed by atoms with van der Waals surface area (Å²) in [6.45, 7) is 7.73. The number of pyridine rings is 1. The van der Waals surface area contributed by atoms with Crippen LogP contribution in [-0.4, -0.2) is 42.1 Å². The molecule has 2 rings (SSSR count). The van der Waals surface area contributed by atoms with Crippen LogP contribution >= 0.6 is 0 Å². The Morgan fingerprint density at radius 2 is 2.00 bits per heavy atom. The predicted molar refractivity (Wildman–Crippen MR) is 67.8 cm³/mol. The number of nitrogens with zero attached hydrogens (tertiary/aromatic N) is 4. The van der Waals surface area contributed by atoms with Gasteiger partial charge in [0.15, 0.2) is 0 Å². The van der Waals surface area contributed by atoms with Crippen molar-refractivity contribution in [3.05, 3.63) is 23.9 Å². The molecule has 0 radical (unpaired) electrons.